The number of carbonyl (C=O) groups is 1. The van der Waals surface area contributed by atoms with E-state index < -0.39 is 10.0 Å². The molecule has 3 rings (SSSR count). The molecule has 1 heterocycles. The molecule has 0 unspecified atom stereocenters. The Kier molecular flexibility index (Phi) is 7.11. The summed E-state index contributed by atoms with van der Waals surface area (Å²) in [6.07, 6.45) is 4.73. The molecule has 0 bridgehead atoms. The largest absolute Gasteiger partial charge is 0.492 e. The third-order valence-electron chi connectivity index (χ3n) is 5.16. The van der Waals surface area contributed by atoms with Crippen LogP contribution in [0.4, 0.5) is 5.69 Å². The highest BCUT2D eigenvalue weighted by molar-refractivity contribution is 7.89. The van der Waals surface area contributed by atoms with E-state index in [4.69, 9.17) is 10.00 Å². The highest BCUT2D eigenvalue weighted by Crippen LogP contribution is 2.31. The topological polar surface area (TPSA) is 103 Å². The van der Waals surface area contributed by atoms with Crippen molar-refractivity contribution in [3.05, 3.63) is 18.2 Å². The van der Waals surface area contributed by atoms with Crippen LogP contribution in [0.1, 0.15) is 39.0 Å². The van der Waals surface area contributed by atoms with Crippen LogP contribution >= 0.6 is 0 Å². The lowest BCUT2D eigenvalue weighted by Gasteiger charge is -2.26. The van der Waals surface area contributed by atoms with Crippen molar-refractivity contribution in [1.82, 2.24) is 9.21 Å². The van der Waals surface area contributed by atoms with E-state index in [-0.39, 0.29) is 29.9 Å². The zero-order valence-corrected chi connectivity index (χ0v) is 17.6. The summed E-state index contributed by atoms with van der Waals surface area (Å²) >= 11 is 0. The van der Waals surface area contributed by atoms with Gasteiger partial charge in [0.1, 0.15) is 5.75 Å². The number of nitrogens with zero attached hydrogens (tertiary/aromatic N) is 3. The molecule has 2 fully saturated rings. The normalized spacial score (nSPS) is 17.7. The van der Waals surface area contributed by atoms with E-state index in [0.717, 1.165) is 32.1 Å². The standard InChI is InChI=1S/C20H28N4O4S/c1-2-28-19-9-8-17(29(26,27)24-11-4-3-5-12-24)14-18(19)22-20(25)15-23(13-10-21)16-6-7-16/h8-9,14,16H,2-7,11-13,15H2,1H3,(H,22,25). The van der Waals surface area contributed by atoms with Crippen LogP contribution < -0.4 is 10.1 Å². The summed E-state index contributed by atoms with van der Waals surface area (Å²) in [6, 6.07) is 6.95. The fourth-order valence-corrected chi connectivity index (χ4v) is 5.07. The minimum absolute atomic E-state index is 0.0902. The van der Waals surface area contributed by atoms with Gasteiger partial charge in [-0.15, -0.1) is 0 Å². The number of amides is 1. The average molecular weight is 421 g/mol. The molecule has 0 spiro atoms. The fraction of sp³-hybridized carbons (Fsp3) is 0.600. The van der Waals surface area contributed by atoms with E-state index in [1.165, 1.54) is 16.4 Å². The number of carbonyl (C=O) groups excluding carboxylic acids is 1. The number of nitrogens with one attached hydrogen (secondary N) is 1. The van der Waals surface area contributed by atoms with E-state index in [2.05, 4.69) is 11.4 Å². The van der Waals surface area contributed by atoms with Crippen molar-refractivity contribution in [3.8, 4) is 11.8 Å². The summed E-state index contributed by atoms with van der Waals surface area (Å²) < 4.78 is 33.0. The zero-order valence-electron chi connectivity index (χ0n) is 16.8. The van der Waals surface area contributed by atoms with Crippen molar-refractivity contribution < 1.29 is 17.9 Å². The maximum Gasteiger partial charge on any atom is 0.243 e. The van der Waals surface area contributed by atoms with Crippen LogP contribution in [-0.2, 0) is 14.8 Å². The monoisotopic (exact) mass is 420 g/mol. The molecular formula is C20H28N4O4S. The third-order valence-corrected chi connectivity index (χ3v) is 7.06. The number of hydrogen-bond donors (Lipinski definition) is 1. The van der Waals surface area contributed by atoms with Crippen LogP contribution in [0.25, 0.3) is 0 Å². The lowest BCUT2D eigenvalue weighted by Crippen LogP contribution is -2.36. The van der Waals surface area contributed by atoms with Crippen molar-refractivity contribution in [2.75, 3.05) is 38.1 Å². The van der Waals surface area contributed by atoms with Crippen LogP contribution in [-0.4, -0.2) is 62.4 Å². The first-order valence-electron chi connectivity index (χ1n) is 10.1. The van der Waals surface area contributed by atoms with Crippen molar-refractivity contribution in [3.63, 3.8) is 0 Å². The number of nitriles is 1. The van der Waals surface area contributed by atoms with Gasteiger partial charge in [0.2, 0.25) is 15.9 Å². The van der Waals surface area contributed by atoms with Crippen LogP contribution in [0.5, 0.6) is 5.75 Å². The first-order valence-corrected chi connectivity index (χ1v) is 11.6. The Balaban J connectivity index is 1.79. The summed E-state index contributed by atoms with van der Waals surface area (Å²) in [5.41, 5.74) is 0.336. The number of hydrogen-bond acceptors (Lipinski definition) is 6. The van der Waals surface area contributed by atoms with Gasteiger partial charge in [-0.1, -0.05) is 6.42 Å². The summed E-state index contributed by atoms with van der Waals surface area (Å²) in [5.74, 6) is 0.136. The van der Waals surface area contributed by atoms with Gasteiger partial charge in [-0.25, -0.2) is 8.42 Å². The predicted octanol–water partition coefficient (Wildman–Crippen LogP) is 2.19. The van der Waals surface area contributed by atoms with E-state index in [9.17, 15) is 13.2 Å². The molecular weight excluding hydrogens is 392 g/mol. The van der Waals surface area contributed by atoms with Gasteiger partial charge in [-0.3, -0.25) is 9.69 Å². The van der Waals surface area contributed by atoms with Crippen LogP contribution in [0.3, 0.4) is 0 Å². The van der Waals surface area contributed by atoms with E-state index >= 15 is 0 Å². The molecule has 1 saturated heterocycles. The smallest absolute Gasteiger partial charge is 0.243 e. The summed E-state index contributed by atoms with van der Waals surface area (Å²) in [5, 5.41) is 11.7. The predicted molar refractivity (Wildman–Crippen MR) is 109 cm³/mol. The molecule has 0 aromatic heterocycles. The number of rotatable bonds is 9. The molecule has 1 aromatic carbocycles. The molecule has 1 aliphatic heterocycles. The molecule has 0 atom stereocenters. The third kappa shape index (κ3) is 5.47. The lowest BCUT2D eigenvalue weighted by molar-refractivity contribution is -0.117. The minimum atomic E-state index is -3.61. The summed E-state index contributed by atoms with van der Waals surface area (Å²) in [6.45, 7) is 3.53. The summed E-state index contributed by atoms with van der Waals surface area (Å²) in [4.78, 5) is 14.6. The summed E-state index contributed by atoms with van der Waals surface area (Å²) in [7, 11) is -3.61. The van der Waals surface area contributed by atoms with Gasteiger partial charge in [0.05, 0.1) is 36.3 Å². The van der Waals surface area contributed by atoms with E-state index in [0.29, 0.717) is 31.1 Å². The van der Waals surface area contributed by atoms with Crippen LogP contribution in [0, 0.1) is 11.3 Å². The first-order chi connectivity index (χ1) is 14.0. The molecule has 1 amide bonds. The average Bonchev–Trinajstić information content (AvgIpc) is 3.55. The van der Waals surface area contributed by atoms with Crippen molar-refractivity contribution in [2.24, 2.45) is 0 Å². The SMILES string of the molecule is CCOc1ccc(S(=O)(=O)N2CCCCC2)cc1NC(=O)CN(CC#N)C1CC1. The second-order valence-corrected chi connectivity index (χ2v) is 9.34. The van der Waals surface area contributed by atoms with Crippen molar-refractivity contribution >= 4 is 21.6 Å². The van der Waals surface area contributed by atoms with Gasteiger partial charge < -0.3 is 10.1 Å². The minimum Gasteiger partial charge on any atom is -0.492 e. The van der Waals surface area contributed by atoms with Gasteiger partial charge >= 0.3 is 0 Å². The Morgan fingerprint density at radius 1 is 1.31 bits per heavy atom. The first kappa shape index (κ1) is 21.6. The molecule has 158 valence electrons. The van der Waals surface area contributed by atoms with Gasteiger partial charge in [-0.2, -0.15) is 9.57 Å². The van der Waals surface area contributed by atoms with Gasteiger partial charge in [-0.05, 0) is 50.8 Å². The lowest BCUT2D eigenvalue weighted by atomic mass is 10.2. The van der Waals surface area contributed by atoms with Gasteiger partial charge in [0, 0.05) is 19.1 Å². The maximum absolute atomic E-state index is 13.0. The highest BCUT2D eigenvalue weighted by atomic mass is 32.2. The number of sulfonamides is 1. The second kappa shape index (κ2) is 9.57. The zero-order chi connectivity index (χ0) is 20.9. The quantitative estimate of drug-likeness (QED) is 0.614. The molecule has 9 heteroatoms. The van der Waals surface area contributed by atoms with Crippen molar-refractivity contribution in [2.45, 2.75) is 50.0 Å². The Bertz CT molecular complexity index is 871. The van der Waals surface area contributed by atoms with E-state index in [1.807, 2.05) is 11.8 Å². The molecule has 0 radical (unpaired) electrons. The van der Waals surface area contributed by atoms with Gasteiger partial charge in [0.15, 0.2) is 0 Å². The van der Waals surface area contributed by atoms with E-state index in [1.54, 1.807) is 6.07 Å². The molecule has 1 aromatic rings. The highest BCUT2D eigenvalue weighted by Gasteiger charge is 2.31. The number of ether oxygens (including phenoxy) is 1. The Labute approximate surface area is 172 Å². The molecule has 29 heavy (non-hydrogen) atoms. The van der Waals surface area contributed by atoms with Gasteiger partial charge in [0.25, 0.3) is 0 Å². The molecule has 1 aliphatic carbocycles. The number of piperidine rings is 1. The number of benzene rings is 1. The maximum atomic E-state index is 13.0. The molecule has 2 aliphatic rings. The molecule has 1 N–H and O–H groups in total. The number of anilines is 1. The Morgan fingerprint density at radius 2 is 2.03 bits per heavy atom. The van der Waals surface area contributed by atoms with Crippen LogP contribution in [0.2, 0.25) is 0 Å². The Morgan fingerprint density at radius 3 is 2.66 bits per heavy atom. The Hall–Kier alpha value is -2.15. The molecule has 8 nitrogen and oxygen atoms in total. The molecule has 1 saturated carbocycles. The van der Waals surface area contributed by atoms with Crippen LogP contribution in [0.15, 0.2) is 23.1 Å². The second-order valence-electron chi connectivity index (χ2n) is 7.40. The fourth-order valence-electron chi connectivity index (χ4n) is 3.52. The van der Waals surface area contributed by atoms with Crippen molar-refractivity contribution in [1.29, 1.82) is 5.26 Å².